The quantitative estimate of drug-likeness (QED) is 0.597. The monoisotopic (exact) mass is 425 g/mol. The molecule has 1 heterocycles. The van der Waals surface area contributed by atoms with Gasteiger partial charge < -0.3 is 14.5 Å². The molecule has 30 heavy (non-hydrogen) atoms. The van der Waals surface area contributed by atoms with Gasteiger partial charge in [0.05, 0.1) is 16.5 Å². The van der Waals surface area contributed by atoms with Crippen molar-refractivity contribution in [1.82, 2.24) is 5.32 Å². The van der Waals surface area contributed by atoms with Crippen molar-refractivity contribution in [3.63, 3.8) is 0 Å². The Kier molecular flexibility index (Phi) is 6.20. The lowest BCUT2D eigenvalue weighted by atomic mass is 10.1. The van der Waals surface area contributed by atoms with Gasteiger partial charge in [-0.15, -0.1) is 0 Å². The van der Waals surface area contributed by atoms with Crippen molar-refractivity contribution in [2.75, 3.05) is 0 Å². The summed E-state index contributed by atoms with van der Waals surface area (Å²) in [5.74, 6) is 0.450. The van der Waals surface area contributed by atoms with Crippen LogP contribution in [0.1, 0.15) is 40.4 Å². The molecule has 2 aromatic carbocycles. The molecule has 1 amide bonds. The Morgan fingerprint density at radius 2 is 1.97 bits per heavy atom. The molecule has 3 aromatic rings. The number of amides is 1. The number of hydrogen-bond acceptors (Lipinski definition) is 6. The third-order valence-electron chi connectivity index (χ3n) is 4.30. The summed E-state index contributed by atoms with van der Waals surface area (Å²) in [5, 5.41) is 17.0. The van der Waals surface area contributed by atoms with Gasteiger partial charge in [-0.25, -0.2) is 13.6 Å². The molecule has 3 N–H and O–H groups in total. The lowest BCUT2D eigenvalue weighted by Crippen LogP contribution is -2.26. The van der Waals surface area contributed by atoms with Gasteiger partial charge >= 0.3 is 0 Å². The summed E-state index contributed by atoms with van der Waals surface area (Å²) in [6, 6.07) is 17.5. The second-order valence-electron chi connectivity index (χ2n) is 6.48. The molecule has 0 spiro atoms. The minimum Gasteiger partial charge on any atom is -0.484 e. The Morgan fingerprint density at radius 1 is 1.20 bits per heavy atom. The smallest absolute Gasteiger partial charge is 0.287 e. The number of sulfonamides is 1. The van der Waals surface area contributed by atoms with Gasteiger partial charge in [-0.1, -0.05) is 24.3 Å². The number of nitriles is 1. The van der Waals surface area contributed by atoms with Crippen molar-refractivity contribution in [2.24, 2.45) is 5.14 Å². The van der Waals surface area contributed by atoms with E-state index < -0.39 is 22.0 Å². The normalized spacial score (nSPS) is 12.0. The molecule has 0 saturated carbocycles. The van der Waals surface area contributed by atoms with E-state index in [1.54, 1.807) is 49.4 Å². The zero-order valence-corrected chi connectivity index (χ0v) is 16.8. The second-order valence-corrected chi connectivity index (χ2v) is 8.04. The van der Waals surface area contributed by atoms with Gasteiger partial charge in [0.2, 0.25) is 10.0 Å². The number of primary sulfonamides is 1. The van der Waals surface area contributed by atoms with Crippen LogP contribution in [-0.4, -0.2) is 14.3 Å². The van der Waals surface area contributed by atoms with Crippen molar-refractivity contribution in [2.45, 2.75) is 24.5 Å². The molecule has 0 aliphatic rings. The number of carbonyl (C=O) groups is 1. The molecule has 1 aromatic heterocycles. The molecular weight excluding hydrogens is 406 g/mol. The number of ether oxygens (including phenoxy) is 1. The summed E-state index contributed by atoms with van der Waals surface area (Å²) >= 11 is 0. The van der Waals surface area contributed by atoms with Gasteiger partial charge in [-0.05, 0) is 48.9 Å². The molecule has 3 rings (SSSR count). The standard InChI is InChI=1S/C21H19N3O5S/c1-14(15-6-4-7-18(11-15)30(23,26)27)24-21(25)20-10-9-17(29-20)13-28-19-8-3-2-5-16(19)12-22/h2-11,14H,13H2,1H3,(H,24,25)(H2,23,26,27). The Morgan fingerprint density at radius 3 is 2.70 bits per heavy atom. The molecule has 0 fully saturated rings. The van der Waals surface area contributed by atoms with Crippen molar-refractivity contribution < 1.29 is 22.4 Å². The molecule has 9 heteroatoms. The number of carbonyl (C=O) groups excluding carboxylic acids is 1. The number of nitrogens with zero attached hydrogens (tertiary/aromatic N) is 1. The van der Waals surface area contributed by atoms with Crippen LogP contribution in [0.3, 0.4) is 0 Å². The zero-order valence-electron chi connectivity index (χ0n) is 16.0. The molecule has 1 atom stereocenters. The van der Waals surface area contributed by atoms with E-state index in [0.717, 1.165) is 0 Å². The lowest BCUT2D eigenvalue weighted by molar-refractivity contribution is 0.0907. The topological polar surface area (TPSA) is 135 Å². The van der Waals surface area contributed by atoms with Gasteiger partial charge in [0.25, 0.3) is 5.91 Å². The first-order chi connectivity index (χ1) is 14.3. The Balaban J connectivity index is 1.64. The van der Waals surface area contributed by atoms with Crippen LogP contribution in [0.4, 0.5) is 0 Å². The number of furan rings is 1. The minimum atomic E-state index is -3.84. The van der Waals surface area contributed by atoms with Crippen LogP contribution in [-0.2, 0) is 16.6 Å². The van der Waals surface area contributed by atoms with Gasteiger partial charge in [0.15, 0.2) is 5.76 Å². The Bertz CT molecular complexity index is 1210. The van der Waals surface area contributed by atoms with Crippen LogP contribution in [0.2, 0.25) is 0 Å². The molecular formula is C21H19N3O5S. The Hall–Kier alpha value is -3.61. The summed E-state index contributed by atoms with van der Waals surface area (Å²) in [7, 11) is -3.84. The molecule has 0 saturated heterocycles. The fourth-order valence-electron chi connectivity index (χ4n) is 2.72. The maximum Gasteiger partial charge on any atom is 0.287 e. The summed E-state index contributed by atoms with van der Waals surface area (Å²) in [6.07, 6.45) is 0. The average Bonchev–Trinajstić information content (AvgIpc) is 3.21. The lowest BCUT2D eigenvalue weighted by Gasteiger charge is -2.14. The highest BCUT2D eigenvalue weighted by Gasteiger charge is 2.17. The third kappa shape index (κ3) is 5.05. The van der Waals surface area contributed by atoms with Crippen LogP contribution in [0.15, 0.2) is 70.0 Å². The van der Waals surface area contributed by atoms with Crippen LogP contribution in [0.5, 0.6) is 5.75 Å². The largest absolute Gasteiger partial charge is 0.484 e. The maximum atomic E-state index is 12.5. The van der Waals surface area contributed by atoms with E-state index in [1.807, 2.05) is 6.07 Å². The molecule has 0 aliphatic carbocycles. The predicted octanol–water partition coefficient (Wildman–Crippen LogP) is 2.87. The van der Waals surface area contributed by atoms with E-state index in [1.165, 1.54) is 18.2 Å². The first kappa shape index (κ1) is 21.1. The fourth-order valence-corrected chi connectivity index (χ4v) is 3.29. The molecule has 0 bridgehead atoms. The molecule has 0 radical (unpaired) electrons. The van der Waals surface area contributed by atoms with Gasteiger partial charge in [-0.3, -0.25) is 4.79 Å². The summed E-state index contributed by atoms with van der Waals surface area (Å²) in [5.41, 5.74) is 0.982. The van der Waals surface area contributed by atoms with Gasteiger partial charge in [0, 0.05) is 0 Å². The predicted molar refractivity (Wildman–Crippen MR) is 108 cm³/mol. The van der Waals surface area contributed by atoms with Gasteiger partial charge in [-0.2, -0.15) is 5.26 Å². The summed E-state index contributed by atoms with van der Waals surface area (Å²) in [4.78, 5) is 12.4. The van der Waals surface area contributed by atoms with E-state index in [-0.39, 0.29) is 17.3 Å². The number of rotatable bonds is 7. The summed E-state index contributed by atoms with van der Waals surface area (Å²) in [6.45, 7) is 1.77. The van der Waals surface area contributed by atoms with Crippen molar-refractivity contribution in [3.05, 3.63) is 83.3 Å². The number of para-hydroxylation sites is 1. The first-order valence-corrected chi connectivity index (χ1v) is 10.5. The zero-order chi connectivity index (χ0) is 21.7. The second kappa shape index (κ2) is 8.82. The van der Waals surface area contributed by atoms with Crippen molar-refractivity contribution >= 4 is 15.9 Å². The molecule has 0 aliphatic heterocycles. The van der Waals surface area contributed by atoms with E-state index in [4.69, 9.17) is 19.6 Å². The molecule has 154 valence electrons. The molecule has 8 nitrogen and oxygen atoms in total. The van der Waals surface area contributed by atoms with Gasteiger partial charge in [0.1, 0.15) is 24.2 Å². The third-order valence-corrected chi connectivity index (χ3v) is 5.21. The highest BCUT2D eigenvalue weighted by atomic mass is 32.2. The number of nitrogens with one attached hydrogen (secondary N) is 1. The molecule has 1 unspecified atom stereocenters. The van der Waals surface area contributed by atoms with E-state index in [9.17, 15) is 13.2 Å². The summed E-state index contributed by atoms with van der Waals surface area (Å²) < 4.78 is 34.1. The highest BCUT2D eigenvalue weighted by Crippen LogP contribution is 2.20. The Labute approximate surface area is 173 Å². The minimum absolute atomic E-state index is 0.0313. The van der Waals surface area contributed by atoms with E-state index in [0.29, 0.717) is 22.6 Å². The van der Waals surface area contributed by atoms with Crippen molar-refractivity contribution in [1.29, 1.82) is 5.26 Å². The highest BCUT2D eigenvalue weighted by molar-refractivity contribution is 7.89. The van der Waals surface area contributed by atoms with Crippen molar-refractivity contribution in [3.8, 4) is 11.8 Å². The number of benzene rings is 2. The fraction of sp³-hybridized carbons (Fsp3) is 0.143. The maximum absolute atomic E-state index is 12.5. The van der Waals surface area contributed by atoms with Crippen LogP contribution in [0.25, 0.3) is 0 Å². The number of nitrogens with two attached hydrogens (primary N) is 1. The SMILES string of the molecule is CC(NC(=O)c1ccc(COc2ccccc2C#N)o1)c1cccc(S(N)(=O)=O)c1. The van der Waals surface area contributed by atoms with Crippen LogP contribution < -0.4 is 15.2 Å². The first-order valence-electron chi connectivity index (χ1n) is 8.92. The van der Waals surface area contributed by atoms with Crippen LogP contribution >= 0.6 is 0 Å². The number of hydrogen-bond donors (Lipinski definition) is 2. The van der Waals surface area contributed by atoms with E-state index in [2.05, 4.69) is 5.32 Å². The van der Waals surface area contributed by atoms with E-state index >= 15 is 0 Å². The average molecular weight is 425 g/mol. The van der Waals surface area contributed by atoms with Crippen LogP contribution in [0, 0.1) is 11.3 Å².